The fourth-order valence-corrected chi connectivity index (χ4v) is 2.91. The molecule has 0 aliphatic carbocycles. The molecule has 0 radical (unpaired) electrons. The number of rotatable bonds is 5. The maximum atomic E-state index is 12.5. The van der Waals surface area contributed by atoms with E-state index in [1.807, 2.05) is 0 Å². The molecule has 29 heavy (non-hydrogen) atoms. The van der Waals surface area contributed by atoms with Crippen molar-refractivity contribution < 1.29 is 27.8 Å². The summed E-state index contributed by atoms with van der Waals surface area (Å²) < 4.78 is 26.2. The summed E-state index contributed by atoms with van der Waals surface area (Å²) in [7, 11) is 3.06. The van der Waals surface area contributed by atoms with Crippen LogP contribution >= 0.6 is 0 Å². The van der Waals surface area contributed by atoms with Gasteiger partial charge in [-0.05, 0) is 48.0 Å². The van der Waals surface area contributed by atoms with E-state index in [1.54, 1.807) is 42.5 Å². The van der Waals surface area contributed by atoms with E-state index in [1.165, 1.54) is 32.6 Å². The average molecular weight is 392 g/mol. The first-order valence-electron chi connectivity index (χ1n) is 8.65. The lowest BCUT2D eigenvalue weighted by Crippen LogP contribution is -2.07. The van der Waals surface area contributed by atoms with Crippen molar-refractivity contribution in [2.45, 2.75) is 0 Å². The van der Waals surface area contributed by atoms with E-state index in [-0.39, 0.29) is 11.5 Å². The molecule has 2 aromatic heterocycles. The summed E-state index contributed by atoms with van der Waals surface area (Å²) in [6.45, 7) is 0. The van der Waals surface area contributed by atoms with Crippen molar-refractivity contribution in [3.8, 4) is 28.4 Å². The monoisotopic (exact) mass is 392 g/mol. The Kier molecular flexibility index (Phi) is 4.78. The molecule has 7 heteroatoms. The molecule has 0 saturated carbocycles. The topological polar surface area (TPSA) is 88.1 Å². The number of fused-ring (bicyclic) bond motifs is 1. The van der Waals surface area contributed by atoms with E-state index >= 15 is 0 Å². The fraction of sp³-hybridized carbons (Fsp3) is 0.0909. The molecule has 0 saturated heterocycles. The third kappa shape index (κ3) is 3.58. The summed E-state index contributed by atoms with van der Waals surface area (Å²) in [5, 5.41) is 0.673. The zero-order valence-corrected chi connectivity index (χ0v) is 15.6. The number of benzene rings is 2. The van der Waals surface area contributed by atoms with Crippen LogP contribution in [-0.4, -0.2) is 20.2 Å². The van der Waals surface area contributed by atoms with Gasteiger partial charge in [-0.25, -0.2) is 9.59 Å². The molecule has 2 aromatic carbocycles. The maximum Gasteiger partial charge on any atom is 0.379 e. The molecule has 2 heterocycles. The minimum Gasteiger partial charge on any atom is -0.493 e. The molecule has 0 unspecified atom stereocenters. The van der Waals surface area contributed by atoms with Crippen LogP contribution in [0.5, 0.6) is 17.2 Å². The smallest absolute Gasteiger partial charge is 0.379 e. The van der Waals surface area contributed by atoms with Crippen LogP contribution in [-0.2, 0) is 0 Å². The number of carbonyl (C=O) groups excluding carboxylic acids is 1. The summed E-state index contributed by atoms with van der Waals surface area (Å²) in [5.74, 6) is 0.740. The van der Waals surface area contributed by atoms with Gasteiger partial charge in [-0.15, -0.1) is 0 Å². The lowest BCUT2D eigenvalue weighted by molar-refractivity contribution is 0.0701. The van der Waals surface area contributed by atoms with Crippen molar-refractivity contribution in [1.29, 1.82) is 0 Å². The van der Waals surface area contributed by atoms with Crippen LogP contribution in [0.25, 0.3) is 22.1 Å². The second kappa shape index (κ2) is 7.55. The van der Waals surface area contributed by atoms with Gasteiger partial charge in [-0.1, -0.05) is 6.07 Å². The highest BCUT2D eigenvalue weighted by Gasteiger charge is 2.14. The van der Waals surface area contributed by atoms with Crippen LogP contribution in [0.2, 0.25) is 0 Å². The third-order valence-electron chi connectivity index (χ3n) is 4.33. The highest BCUT2D eigenvalue weighted by Crippen LogP contribution is 2.32. The van der Waals surface area contributed by atoms with Crippen LogP contribution in [0.3, 0.4) is 0 Å². The number of carbonyl (C=O) groups is 1. The molecule has 0 N–H and O–H groups in total. The highest BCUT2D eigenvalue weighted by molar-refractivity contribution is 5.89. The number of esters is 1. The molecular formula is C22H16O7. The Morgan fingerprint density at radius 1 is 0.931 bits per heavy atom. The van der Waals surface area contributed by atoms with Gasteiger partial charge in [0.15, 0.2) is 11.5 Å². The minimum absolute atomic E-state index is 0.0790. The predicted molar refractivity (Wildman–Crippen MR) is 105 cm³/mol. The largest absolute Gasteiger partial charge is 0.493 e. The van der Waals surface area contributed by atoms with Crippen LogP contribution in [0.1, 0.15) is 10.6 Å². The molecule has 4 rings (SSSR count). The van der Waals surface area contributed by atoms with Gasteiger partial charge in [0.1, 0.15) is 11.3 Å². The van der Waals surface area contributed by atoms with Gasteiger partial charge in [-0.3, -0.25) is 0 Å². The molecule has 0 fully saturated rings. The SMILES string of the molecule is COc1ccc(-c2cc3ccc(OC(=O)c4ccco4)cc3oc2=O)cc1OC. The van der Waals surface area contributed by atoms with Crippen LogP contribution in [0, 0.1) is 0 Å². The Bertz CT molecular complexity index is 1240. The third-order valence-corrected chi connectivity index (χ3v) is 4.33. The van der Waals surface area contributed by atoms with Gasteiger partial charge in [0.05, 0.1) is 26.0 Å². The van der Waals surface area contributed by atoms with Gasteiger partial charge in [-0.2, -0.15) is 0 Å². The molecule has 0 atom stereocenters. The molecule has 0 amide bonds. The summed E-state index contributed by atoms with van der Waals surface area (Å²) in [4.78, 5) is 24.5. The second-order valence-electron chi connectivity index (χ2n) is 6.08. The molecule has 0 spiro atoms. The maximum absolute atomic E-state index is 12.5. The Morgan fingerprint density at radius 3 is 2.48 bits per heavy atom. The number of methoxy groups -OCH3 is 2. The van der Waals surface area contributed by atoms with Gasteiger partial charge in [0.25, 0.3) is 0 Å². The highest BCUT2D eigenvalue weighted by atomic mass is 16.5. The van der Waals surface area contributed by atoms with E-state index in [9.17, 15) is 9.59 Å². The average Bonchev–Trinajstić information content (AvgIpc) is 3.28. The minimum atomic E-state index is -0.640. The van der Waals surface area contributed by atoms with Gasteiger partial charge in [0, 0.05) is 11.5 Å². The Hall–Kier alpha value is -4.00. The number of furan rings is 1. The predicted octanol–water partition coefficient (Wildman–Crippen LogP) is 4.29. The van der Waals surface area contributed by atoms with E-state index in [0.29, 0.717) is 33.6 Å². The normalized spacial score (nSPS) is 10.7. The number of hydrogen-bond acceptors (Lipinski definition) is 7. The summed E-state index contributed by atoms with van der Waals surface area (Å²) in [6.07, 6.45) is 1.38. The van der Waals surface area contributed by atoms with E-state index in [4.69, 9.17) is 23.0 Å². The van der Waals surface area contributed by atoms with Crippen molar-refractivity contribution in [2.75, 3.05) is 14.2 Å². The van der Waals surface area contributed by atoms with Crippen molar-refractivity contribution in [3.63, 3.8) is 0 Å². The molecule has 7 nitrogen and oxygen atoms in total. The lowest BCUT2D eigenvalue weighted by atomic mass is 10.1. The first-order valence-corrected chi connectivity index (χ1v) is 8.65. The van der Waals surface area contributed by atoms with Gasteiger partial charge in [0.2, 0.25) is 5.76 Å². The van der Waals surface area contributed by atoms with E-state index in [0.717, 1.165) is 0 Å². The van der Waals surface area contributed by atoms with Crippen molar-refractivity contribution >= 4 is 16.9 Å². The molecule has 146 valence electrons. The molecule has 4 aromatic rings. The van der Waals surface area contributed by atoms with E-state index in [2.05, 4.69) is 0 Å². The van der Waals surface area contributed by atoms with Crippen molar-refractivity contribution in [3.05, 3.63) is 77.0 Å². The second-order valence-corrected chi connectivity index (χ2v) is 6.08. The zero-order chi connectivity index (χ0) is 20.4. The summed E-state index contributed by atoms with van der Waals surface area (Å²) in [5.41, 5.74) is 0.772. The molecule has 0 aliphatic rings. The standard InChI is InChI=1S/C22H16O7/c1-25-17-8-6-13(11-20(17)26-2)16-10-14-5-7-15(12-19(14)29-21(16)23)28-22(24)18-4-3-9-27-18/h3-12H,1-2H3. The molecular weight excluding hydrogens is 376 g/mol. The van der Waals surface area contributed by atoms with Crippen LogP contribution in [0.4, 0.5) is 0 Å². The summed E-state index contributed by atoms with van der Waals surface area (Å²) in [6, 6.07) is 14.8. The summed E-state index contributed by atoms with van der Waals surface area (Å²) >= 11 is 0. The number of hydrogen-bond donors (Lipinski definition) is 0. The van der Waals surface area contributed by atoms with E-state index < -0.39 is 11.6 Å². The Labute approximate surface area is 165 Å². The Balaban J connectivity index is 1.69. The fourth-order valence-electron chi connectivity index (χ4n) is 2.91. The molecule has 0 bridgehead atoms. The first-order chi connectivity index (χ1) is 14.1. The van der Waals surface area contributed by atoms with Gasteiger partial charge < -0.3 is 23.0 Å². The number of ether oxygens (including phenoxy) is 3. The molecule has 0 aliphatic heterocycles. The Morgan fingerprint density at radius 2 is 1.76 bits per heavy atom. The van der Waals surface area contributed by atoms with Crippen LogP contribution in [0.15, 0.2) is 74.5 Å². The lowest BCUT2D eigenvalue weighted by Gasteiger charge is -2.10. The van der Waals surface area contributed by atoms with Crippen molar-refractivity contribution in [1.82, 2.24) is 0 Å². The van der Waals surface area contributed by atoms with Crippen LogP contribution < -0.4 is 19.8 Å². The first kappa shape index (κ1) is 18.4. The van der Waals surface area contributed by atoms with Gasteiger partial charge >= 0.3 is 11.6 Å². The zero-order valence-electron chi connectivity index (χ0n) is 15.6. The quantitative estimate of drug-likeness (QED) is 0.284. The van der Waals surface area contributed by atoms with Crippen molar-refractivity contribution in [2.24, 2.45) is 0 Å².